The zero-order chi connectivity index (χ0) is 20.8. The summed E-state index contributed by atoms with van der Waals surface area (Å²) in [7, 11) is 0. The average molecular weight is 427 g/mol. The Balaban J connectivity index is 1.48. The Kier molecular flexibility index (Phi) is 6.76. The lowest BCUT2D eigenvalue weighted by Gasteiger charge is -2.12. The summed E-state index contributed by atoms with van der Waals surface area (Å²) in [5.74, 6) is 0.517. The summed E-state index contributed by atoms with van der Waals surface area (Å²) in [5, 5.41) is 12.2. The van der Waals surface area contributed by atoms with Gasteiger partial charge in [0.25, 0.3) is 0 Å². The topological polar surface area (TPSA) is 69.0 Å². The lowest BCUT2D eigenvalue weighted by molar-refractivity contribution is -0.119. The zero-order valence-electron chi connectivity index (χ0n) is 16.5. The molecule has 1 N–H and O–H groups in total. The van der Waals surface area contributed by atoms with Gasteiger partial charge in [0.2, 0.25) is 5.91 Å². The number of benzene rings is 2. The van der Waals surface area contributed by atoms with Crippen LogP contribution >= 0.6 is 11.8 Å². The fourth-order valence-electron chi connectivity index (χ4n) is 3.33. The Morgan fingerprint density at radius 1 is 1.17 bits per heavy atom. The van der Waals surface area contributed by atoms with E-state index in [1.54, 1.807) is 12.1 Å². The van der Waals surface area contributed by atoms with Crippen molar-refractivity contribution in [2.45, 2.75) is 30.6 Å². The van der Waals surface area contributed by atoms with E-state index >= 15 is 0 Å². The second kappa shape index (κ2) is 9.86. The molecule has 1 atom stereocenters. The predicted octanol–water partition coefficient (Wildman–Crippen LogP) is 3.52. The number of nitrogens with zero attached hydrogens (tertiary/aromatic N) is 3. The number of ether oxygens (including phenoxy) is 1. The van der Waals surface area contributed by atoms with Gasteiger partial charge >= 0.3 is 0 Å². The summed E-state index contributed by atoms with van der Waals surface area (Å²) >= 11 is 1.34. The quantitative estimate of drug-likeness (QED) is 0.558. The lowest BCUT2D eigenvalue weighted by Crippen LogP contribution is -2.32. The standard InChI is InChI=1S/C22H23FN4O2S/c23-18-10-8-17(9-11-18)21-25-26-22(27(21)14-16-5-2-1-3-6-16)30-15-20(28)24-13-19-7-4-12-29-19/h1-3,5-6,8-11,19H,4,7,12-15H2,(H,24,28)/t19-/m0/s1. The first kappa shape index (κ1) is 20.6. The Morgan fingerprint density at radius 2 is 1.97 bits per heavy atom. The van der Waals surface area contributed by atoms with Crippen molar-refractivity contribution >= 4 is 17.7 Å². The summed E-state index contributed by atoms with van der Waals surface area (Å²) in [5.41, 5.74) is 1.86. The highest BCUT2D eigenvalue weighted by molar-refractivity contribution is 7.99. The van der Waals surface area contributed by atoms with E-state index in [0.29, 0.717) is 24.1 Å². The smallest absolute Gasteiger partial charge is 0.230 e. The fourth-order valence-corrected chi connectivity index (χ4v) is 4.10. The Labute approximate surface area is 178 Å². The van der Waals surface area contributed by atoms with Gasteiger partial charge in [0.05, 0.1) is 18.4 Å². The van der Waals surface area contributed by atoms with E-state index in [9.17, 15) is 9.18 Å². The molecule has 30 heavy (non-hydrogen) atoms. The van der Waals surface area contributed by atoms with Gasteiger partial charge in [-0.1, -0.05) is 42.1 Å². The third kappa shape index (κ3) is 5.25. The van der Waals surface area contributed by atoms with Gasteiger partial charge in [-0.15, -0.1) is 10.2 Å². The largest absolute Gasteiger partial charge is 0.376 e. The molecule has 0 bridgehead atoms. The molecule has 1 aromatic heterocycles. The molecule has 2 heterocycles. The number of aromatic nitrogens is 3. The number of hydrogen-bond donors (Lipinski definition) is 1. The van der Waals surface area contributed by atoms with Gasteiger partial charge in [0, 0.05) is 18.7 Å². The van der Waals surface area contributed by atoms with Crippen LogP contribution in [0.4, 0.5) is 4.39 Å². The Hall–Kier alpha value is -2.71. The van der Waals surface area contributed by atoms with E-state index in [4.69, 9.17) is 4.74 Å². The molecule has 1 aliphatic heterocycles. The number of carbonyl (C=O) groups excluding carboxylic acids is 1. The number of nitrogens with one attached hydrogen (secondary N) is 1. The Morgan fingerprint density at radius 3 is 2.70 bits per heavy atom. The maximum atomic E-state index is 13.3. The lowest BCUT2D eigenvalue weighted by atomic mass is 10.2. The predicted molar refractivity (Wildman–Crippen MR) is 114 cm³/mol. The van der Waals surface area contributed by atoms with Gasteiger partial charge in [-0.05, 0) is 42.7 Å². The van der Waals surface area contributed by atoms with Crippen molar-refractivity contribution in [1.82, 2.24) is 20.1 Å². The third-order valence-electron chi connectivity index (χ3n) is 4.89. The monoisotopic (exact) mass is 426 g/mol. The molecule has 0 unspecified atom stereocenters. The number of hydrogen-bond acceptors (Lipinski definition) is 5. The van der Waals surface area contributed by atoms with E-state index < -0.39 is 0 Å². The average Bonchev–Trinajstić information content (AvgIpc) is 3.42. The van der Waals surface area contributed by atoms with Crippen LogP contribution in [-0.2, 0) is 16.1 Å². The number of rotatable bonds is 8. The molecular formula is C22H23FN4O2S. The molecule has 1 fully saturated rings. The molecule has 3 aromatic rings. The molecule has 0 saturated carbocycles. The number of thioether (sulfide) groups is 1. The molecular weight excluding hydrogens is 403 g/mol. The molecule has 8 heteroatoms. The van der Waals surface area contributed by atoms with Gasteiger partial charge in [-0.2, -0.15) is 0 Å². The van der Waals surface area contributed by atoms with Crippen LogP contribution in [-0.4, -0.2) is 45.7 Å². The maximum Gasteiger partial charge on any atom is 0.230 e. The Bertz CT molecular complexity index is 973. The van der Waals surface area contributed by atoms with E-state index in [1.807, 2.05) is 34.9 Å². The summed E-state index contributed by atoms with van der Waals surface area (Å²) in [6.45, 7) is 1.86. The van der Waals surface area contributed by atoms with Crippen LogP contribution in [0.3, 0.4) is 0 Å². The van der Waals surface area contributed by atoms with Crippen molar-refractivity contribution in [1.29, 1.82) is 0 Å². The summed E-state index contributed by atoms with van der Waals surface area (Å²) < 4.78 is 20.8. The van der Waals surface area contributed by atoms with Crippen molar-refractivity contribution < 1.29 is 13.9 Å². The highest BCUT2D eigenvalue weighted by Gasteiger charge is 2.18. The second-order valence-corrected chi connectivity index (χ2v) is 8.06. The first-order valence-corrected chi connectivity index (χ1v) is 10.9. The molecule has 6 nitrogen and oxygen atoms in total. The van der Waals surface area contributed by atoms with Crippen LogP contribution in [0.2, 0.25) is 0 Å². The van der Waals surface area contributed by atoms with Gasteiger partial charge in [0.15, 0.2) is 11.0 Å². The molecule has 0 radical (unpaired) electrons. The van der Waals surface area contributed by atoms with E-state index in [-0.39, 0.29) is 23.6 Å². The summed E-state index contributed by atoms with van der Waals surface area (Å²) in [6.07, 6.45) is 2.15. The van der Waals surface area contributed by atoms with Crippen molar-refractivity contribution in [3.63, 3.8) is 0 Å². The van der Waals surface area contributed by atoms with Crippen molar-refractivity contribution in [2.75, 3.05) is 18.9 Å². The highest BCUT2D eigenvalue weighted by atomic mass is 32.2. The van der Waals surface area contributed by atoms with E-state index in [2.05, 4.69) is 15.5 Å². The molecule has 0 aliphatic carbocycles. The number of halogens is 1. The van der Waals surface area contributed by atoms with Crippen molar-refractivity contribution in [2.24, 2.45) is 0 Å². The van der Waals surface area contributed by atoms with Crippen LogP contribution in [0.25, 0.3) is 11.4 Å². The first-order chi connectivity index (χ1) is 14.7. The zero-order valence-corrected chi connectivity index (χ0v) is 17.3. The molecule has 1 amide bonds. The van der Waals surface area contributed by atoms with Gasteiger partial charge in [-0.25, -0.2) is 4.39 Å². The molecule has 1 aliphatic rings. The first-order valence-electron chi connectivity index (χ1n) is 9.93. The van der Waals surface area contributed by atoms with Gasteiger partial charge < -0.3 is 10.1 Å². The highest BCUT2D eigenvalue weighted by Crippen LogP contribution is 2.25. The normalized spacial score (nSPS) is 16.0. The minimum Gasteiger partial charge on any atom is -0.376 e. The van der Waals surface area contributed by atoms with Gasteiger partial charge in [-0.3, -0.25) is 9.36 Å². The molecule has 4 rings (SSSR count). The fraction of sp³-hybridized carbons (Fsp3) is 0.318. The van der Waals surface area contributed by atoms with Crippen LogP contribution < -0.4 is 5.32 Å². The van der Waals surface area contributed by atoms with Crippen LogP contribution in [0, 0.1) is 5.82 Å². The SMILES string of the molecule is O=C(CSc1nnc(-c2ccc(F)cc2)n1Cc1ccccc1)NC[C@@H]1CCCO1. The summed E-state index contributed by atoms with van der Waals surface area (Å²) in [6, 6.07) is 16.1. The maximum absolute atomic E-state index is 13.3. The minimum absolute atomic E-state index is 0.0620. The van der Waals surface area contributed by atoms with Crippen LogP contribution in [0.15, 0.2) is 59.8 Å². The summed E-state index contributed by atoms with van der Waals surface area (Å²) in [4.78, 5) is 12.3. The number of carbonyl (C=O) groups is 1. The minimum atomic E-state index is -0.301. The van der Waals surface area contributed by atoms with Crippen LogP contribution in [0.5, 0.6) is 0 Å². The molecule has 1 saturated heterocycles. The molecule has 156 valence electrons. The van der Waals surface area contributed by atoms with Gasteiger partial charge in [0.1, 0.15) is 5.82 Å². The second-order valence-electron chi connectivity index (χ2n) is 7.11. The van der Waals surface area contributed by atoms with Crippen molar-refractivity contribution in [3.05, 3.63) is 66.0 Å². The van der Waals surface area contributed by atoms with Crippen LogP contribution in [0.1, 0.15) is 18.4 Å². The van der Waals surface area contributed by atoms with E-state index in [1.165, 1.54) is 23.9 Å². The molecule has 2 aromatic carbocycles. The van der Waals surface area contributed by atoms with Crippen molar-refractivity contribution in [3.8, 4) is 11.4 Å². The third-order valence-corrected chi connectivity index (χ3v) is 5.85. The molecule has 0 spiro atoms. The van der Waals surface area contributed by atoms with E-state index in [0.717, 1.165) is 30.6 Å². The number of amides is 1.